The number of benzene rings is 2. The second kappa shape index (κ2) is 11.9. The minimum atomic E-state index is -3.06. The van der Waals surface area contributed by atoms with Crippen LogP contribution in [-0.2, 0) is 4.74 Å². The van der Waals surface area contributed by atoms with Crippen LogP contribution in [0, 0.1) is 11.6 Å². The van der Waals surface area contributed by atoms with Crippen molar-refractivity contribution in [2.75, 3.05) is 68.1 Å². The number of H-pyrrole nitrogens is 1. The fraction of sp³-hybridized carbons (Fsp3) is 0.379. The summed E-state index contributed by atoms with van der Waals surface area (Å²) < 4.78 is 63.5. The Balaban J connectivity index is 1.54. The highest BCUT2D eigenvalue weighted by atomic mass is 19.3. The summed E-state index contributed by atoms with van der Waals surface area (Å²) in [5.74, 6) is -2.05. The molecule has 5 rings (SSSR count). The van der Waals surface area contributed by atoms with Crippen molar-refractivity contribution in [3.63, 3.8) is 0 Å². The SMILES string of the molecule is CC1CN(c2cc(F)c(-c3ccc(N4CCOCC4)c(F)c3)cc2NC(=O)c2c[nH]c(=O)cc2C(F)F)CCN1C. The van der Waals surface area contributed by atoms with E-state index in [9.17, 15) is 18.4 Å². The first kappa shape index (κ1) is 28.6. The highest BCUT2D eigenvalue weighted by Gasteiger charge is 2.27. The number of aromatic nitrogens is 1. The summed E-state index contributed by atoms with van der Waals surface area (Å²) in [6.07, 6.45) is -2.13. The Bertz CT molecular complexity index is 1490. The Kier molecular flexibility index (Phi) is 8.32. The number of amides is 1. The topological polar surface area (TPSA) is 80.9 Å². The summed E-state index contributed by atoms with van der Waals surface area (Å²) in [5.41, 5.74) is -0.687. The van der Waals surface area contributed by atoms with Gasteiger partial charge in [-0.1, -0.05) is 6.07 Å². The average molecular weight is 574 g/mol. The molecule has 1 atom stereocenters. The number of nitrogens with one attached hydrogen (secondary N) is 2. The third-order valence-electron chi connectivity index (χ3n) is 7.68. The molecule has 1 aromatic heterocycles. The van der Waals surface area contributed by atoms with Crippen molar-refractivity contribution in [2.24, 2.45) is 0 Å². The number of hydrogen-bond acceptors (Lipinski definition) is 6. The van der Waals surface area contributed by atoms with Crippen molar-refractivity contribution >= 4 is 23.0 Å². The minimum absolute atomic E-state index is 0.0363. The number of anilines is 3. The average Bonchev–Trinajstić information content (AvgIpc) is 2.95. The van der Waals surface area contributed by atoms with Crippen molar-refractivity contribution in [1.29, 1.82) is 0 Å². The van der Waals surface area contributed by atoms with E-state index in [1.54, 1.807) is 12.1 Å². The van der Waals surface area contributed by atoms with Gasteiger partial charge in [0.15, 0.2) is 0 Å². The van der Waals surface area contributed by atoms with E-state index in [1.165, 1.54) is 18.2 Å². The quantitative estimate of drug-likeness (QED) is 0.424. The zero-order valence-electron chi connectivity index (χ0n) is 22.7. The number of likely N-dealkylation sites (N-methyl/N-ethyl adjacent to an activating group) is 1. The number of halogens is 4. The Morgan fingerprint density at radius 3 is 2.44 bits per heavy atom. The van der Waals surface area contributed by atoms with E-state index in [-0.39, 0.29) is 22.9 Å². The molecule has 0 radical (unpaired) electrons. The first-order valence-corrected chi connectivity index (χ1v) is 13.4. The van der Waals surface area contributed by atoms with Gasteiger partial charge in [0.2, 0.25) is 5.56 Å². The van der Waals surface area contributed by atoms with E-state index in [2.05, 4.69) is 15.2 Å². The smallest absolute Gasteiger partial charge is 0.264 e. The maximum atomic E-state index is 15.7. The van der Waals surface area contributed by atoms with Gasteiger partial charge in [-0.15, -0.1) is 0 Å². The second-order valence-electron chi connectivity index (χ2n) is 10.3. The van der Waals surface area contributed by atoms with Gasteiger partial charge in [-0.05, 0) is 43.8 Å². The molecule has 2 aromatic carbocycles. The molecule has 218 valence electrons. The van der Waals surface area contributed by atoms with Crippen LogP contribution in [0.3, 0.4) is 0 Å². The highest BCUT2D eigenvalue weighted by molar-refractivity contribution is 6.07. The number of rotatable bonds is 6. The molecular weight excluding hydrogens is 542 g/mol. The first-order chi connectivity index (χ1) is 19.6. The molecular formula is C29H31F4N5O3. The number of alkyl halides is 2. The summed E-state index contributed by atoms with van der Waals surface area (Å²) >= 11 is 0. The van der Waals surface area contributed by atoms with Crippen molar-refractivity contribution in [2.45, 2.75) is 19.4 Å². The largest absolute Gasteiger partial charge is 0.378 e. The van der Waals surface area contributed by atoms with E-state index in [0.717, 1.165) is 6.20 Å². The van der Waals surface area contributed by atoms with E-state index in [4.69, 9.17) is 4.74 Å². The summed E-state index contributed by atoms with van der Waals surface area (Å²) in [6.45, 7) is 5.79. The van der Waals surface area contributed by atoms with Crippen LogP contribution in [0.4, 0.5) is 34.6 Å². The standard InChI is InChI=1S/C29H31F4N5O3/c1-17-16-38(6-5-36(17)2)26-14-22(30)19(18-3-4-25(23(31)11-18)37-7-9-41-10-8-37)12-24(26)35-29(40)21-15-34-27(39)13-20(21)28(32)33/h3-4,11-15,17,28H,5-10,16H2,1-2H3,(H,34,39)(H,35,40). The van der Waals surface area contributed by atoms with Gasteiger partial charge in [0.05, 0.1) is 35.8 Å². The Morgan fingerprint density at radius 2 is 1.76 bits per heavy atom. The van der Waals surface area contributed by atoms with Crippen LogP contribution in [0.25, 0.3) is 11.1 Å². The molecule has 2 aliphatic rings. The Hall–Kier alpha value is -3.90. The summed E-state index contributed by atoms with van der Waals surface area (Å²) in [4.78, 5) is 33.0. The molecule has 2 saturated heterocycles. The number of ether oxygens (including phenoxy) is 1. The van der Waals surface area contributed by atoms with Gasteiger partial charge in [0.25, 0.3) is 12.3 Å². The van der Waals surface area contributed by atoms with E-state index < -0.39 is 40.7 Å². The Morgan fingerprint density at radius 1 is 1.00 bits per heavy atom. The number of pyridine rings is 1. The van der Waals surface area contributed by atoms with Crippen LogP contribution >= 0.6 is 0 Å². The predicted molar refractivity (Wildman–Crippen MR) is 149 cm³/mol. The minimum Gasteiger partial charge on any atom is -0.378 e. The normalized spacial score (nSPS) is 18.2. The lowest BCUT2D eigenvalue weighted by Crippen LogP contribution is -2.50. The van der Waals surface area contributed by atoms with Gasteiger partial charge in [-0.25, -0.2) is 17.6 Å². The molecule has 0 saturated carbocycles. The third-order valence-corrected chi connectivity index (χ3v) is 7.68. The molecule has 0 aliphatic carbocycles. The van der Waals surface area contributed by atoms with Crippen molar-refractivity contribution in [3.8, 4) is 11.1 Å². The molecule has 2 aliphatic heterocycles. The number of morpholine rings is 1. The van der Waals surface area contributed by atoms with Crippen molar-refractivity contribution < 1.29 is 27.1 Å². The molecule has 12 heteroatoms. The lowest BCUT2D eigenvalue weighted by molar-refractivity contribution is 0.101. The number of piperazine rings is 1. The molecule has 8 nitrogen and oxygen atoms in total. The molecule has 1 amide bonds. The van der Waals surface area contributed by atoms with E-state index in [1.807, 2.05) is 23.8 Å². The van der Waals surface area contributed by atoms with Crippen LogP contribution in [0.5, 0.6) is 0 Å². The molecule has 0 spiro atoms. The monoisotopic (exact) mass is 573 g/mol. The fourth-order valence-corrected chi connectivity index (χ4v) is 5.20. The third kappa shape index (κ3) is 6.08. The van der Waals surface area contributed by atoms with Crippen LogP contribution in [-0.4, -0.2) is 74.8 Å². The number of hydrogen-bond donors (Lipinski definition) is 2. The van der Waals surface area contributed by atoms with Gasteiger partial charge >= 0.3 is 0 Å². The van der Waals surface area contributed by atoms with Crippen LogP contribution < -0.4 is 20.7 Å². The summed E-state index contributed by atoms with van der Waals surface area (Å²) in [7, 11) is 1.98. The zero-order valence-corrected chi connectivity index (χ0v) is 22.7. The highest BCUT2D eigenvalue weighted by Crippen LogP contribution is 2.37. The van der Waals surface area contributed by atoms with Gasteiger partial charge in [-0.3, -0.25) is 9.59 Å². The van der Waals surface area contributed by atoms with Crippen LogP contribution in [0.1, 0.15) is 29.3 Å². The zero-order chi connectivity index (χ0) is 29.3. The number of nitrogens with zero attached hydrogens (tertiary/aromatic N) is 3. The van der Waals surface area contributed by atoms with Gasteiger partial charge in [0, 0.05) is 62.2 Å². The number of carbonyl (C=O) groups excluding carboxylic acids is 1. The molecule has 2 N–H and O–H groups in total. The molecule has 3 aromatic rings. The van der Waals surface area contributed by atoms with Crippen molar-refractivity contribution in [3.05, 3.63) is 75.7 Å². The van der Waals surface area contributed by atoms with Gasteiger partial charge in [0.1, 0.15) is 11.6 Å². The molecule has 41 heavy (non-hydrogen) atoms. The summed E-state index contributed by atoms with van der Waals surface area (Å²) in [5, 5.41) is 2.65. The molecule has 3 heterocycles. The van der Waals surface area contributed by atoms with Gasteiger partial charge < -0.3 is 29.7 Å². The maximum absolute atomic E-state index is 15.7. The van der Waals surface area contributed by atoms with E-state index >= 15 is 8.78 Å². The summed E-state index contributed by atoms with van der Waals surface area (Å²) in [6, 6.07) is 7.90. The first-order valence-electron chi connectivity index (χ1n) is 13.4. The maximum Gasteiger partial charge on any atom is 0.264 e. The number of aromatic amines is 1. The Labute approximate surface area is 234 Å². The van der Waals surface area contributed by atoms with Crippen LogP contribution in [0.15, 0.2) is 47.4 Å². The fourth-order valence-electron chi connectivity index (χ4n) is 5.20. The second-order valence-corrected chi connectivity index (χ2v) is 10.3. The van der Waals surface area contributed by atoms with Crippen LogP contribution in [0.2, 0.25) is 0 Å². The van der Waals surface area contributed by atoms with Gasteiger partial charge in [-0.2, -0.15) is 0 Å². The lowest BCUT2D eigenvalue weighted by Gasteiger charge is -2.39. The predicted octanol–water partition coefficient (Wildman–Crippen LogP) is 4.49. The molecule has 1 unspecified atom stereocenters. The van der Waals surface area contributed by atoms with E-state index in [0.29, 0.717) is 63.4 Å². The lowest BCUT2D eigenvalue weighted by atomic mass is 10.0. The molecule has 2 fully saturated rings. The molecule has 0 bridgehead atoms. The van der Waals surface area contributed by atoms with Crippen molar-refractivity contribution in [1.82, 2.24) is 9.88 Å². The number of carbonyl (C=O) groups is 1.